The number of carbonyl (C=O) groups excluding carboxylic acids is 1. The Balaban J connectivity index is 2.25. The highest BCUT2D eigenvalue weighted by molar-refractivity contribution is 9.10. The molecule has 8 heteroatoms. The van der Waals surface area contributed by atoms with Gasteiger partial charge in [0.15, 0.2) is 4.60 Å². The number of aryl methyl sites for hydroxylation is 1. The van der Waals surface area contributed by atoms with Gasteiger partial charge in [-0.1, -0.05) is 5.21 Å². The summed E-state index contributed by atoms with van der Waals surface area (Å²) >= 11 is 3.12. The van der Waals surface area contributed by atoms with Crippen molar-refractivity contribution in [2.45, 2.75) is 6.61 Å². The number of ketones is 1. The second kappa shape index (κ2) is 5.43. The van der Waals surface area contributed by atoms with Gasteiger partial charge >= 0.3 is 6.61 Å². The predicted octanol–water partition coefficient (Wildman–Crippen LogP) is 2.41. The zero-order valence-electron chi connectivity index (χ0n) is 9.68. The number of benzene rings is 1. The molecule has 0 saturated heterocycles. The molecule has 0 aliphatic carbocycles. The van der Waals surface area contributed by atoms with Crippen molar-refractivity contribution >= 4 is 21.7 Å². The average Bonchev–Trinajstić information content (AvgIpc) is 2.68. The molecule has 1 aromatic carbocycles. The van der Waals surface area contributed by atoms with Crippen LogP contribution in [-0.2, 0) is 7.05 Å². The number of halogens is 3. The maximum atomic E-state index is 12.2. The molecule has 0 amide bonds. The highest BCUT2D eigenvalue weighted by Crippen LogP contribution is 2.20. The molecular formula is C11H8BrF2N3O2. The van der Waals surface area contributed by atoms with E-state index in [0.29, 0.717) is 10.2 Å². The summed E-state index contributed by atoms with van der Waals surface area (Å²) in [5, 5.41) is 7.40. The van der Waals surface area contributed by atoms with Crippen molar-refractivity contribution in [3.63, 3.8) is 0 Å². The zero-order valence-corrected chi connectivity index (χ0v) is 11.3. The van der Waals surface area contributed by atoms with Crippen molar-refractivity contribution in [2.75, 3.05) is 0 Å². The molecule has 0 saturated carbocycles. The van der Waals surface area contributed by atoms with Crippen LogP contribution in [0.5, 0.6) is 5.75 Å². The lowest BCUT2D eigenvalue weighted by molar-refractivity contribution is -0.0498. The predicted molar refractivity (Wildman–Crippen MR) is 65.2 cm³/mol. The van der Waals surface area contributed by atoms with E-state index in [0.717, 1.165) is 0 Å². The second-order valence-electron chi connectivity index (χ2n) is 3.58. The van der Waals surface area contributed by atoms with Gasteiger partial charge in [-0.15, -0.1) is 5.10 Å². The van der Waals surface area contributed by atoms with E-state index >= 15 is 0 Å². The molecule has 0 fully saturated rings. The van der Waals surface area contributed by atoms with Gasteiger partial charge in [-0.05, 0) is 40.2 Å². The molecule has 1 heterocycles. The number of alkyl halides is 2. The van der Waals surface area contributed by atoms with Gasteiger partial charge in [-0.2, -0.15) is 8.78 Å². The number of hydrogen-bond acceptors (Lipinski definition) is 4. The summed E-state index contributed by atoms with van der Waals surface area (Å²) in [5.41, 5.74) is 0.607. The van der Waals surface area contributed by atoms with Crippen LogP contribution >= 0.6 is 15.9 Å². The largest absolute Gasteiger partial charge is 0.435 e. The number of aromatic nitrogens is 3. The van der Waals surface area contributed by atoms with Crippen LogP contribution in [0.1, 0.15) is 16.1 Å². The number of ether oxygens (including phenoxy) is 1. The summed E-state index contributed by atoms with van der Waals surface area (Å²) in [5.74, 6) is -0.322. The zero-order chi connectivity index (χ0) is 14.0. The molecule has 100 valence electrons. The third-order valence-corrected chi connectivity index (χ3v) is 2.88. The van der Waals surface area contributed by atoms with Crippen molar-refractivity contribution in [3.05, 3.63) is 40.1 Å². The molecule has 2 aromatic rings. The maximum absolute atomic E-state index is 12.2. The van der Waals surface area contributed by atoms with Gasteiger partial charge in [0.1, 0.15) is 11.4 Å². The standard InChI is InChI=1S/C11H8BrF2N3O2/c1-17-8(10(12)15-16-17)9(18)6-2-4-7(5-3-6)19-11(13)14/h2-5,11H,1H3. The van der Waals surface area contributed by atoms with Gasteiger partial charge in [0, 0.05) is 12.6 Å². The number of rotatable bonds is 4. The number of nitrogens with zero attached hydrogens (tertiary/aromatic N) is 3. The molecule has 0 N–H and O–H groups in total. The van der Waals surface area contributed by atoms with Gasteiger partial charge in [0.05, 0.1) is 0 Å². The fourth-order valence-corrected chi connectivity index (χ4v) is 2.00. The second-order valence-corrected chi connectivity index (χ2v) is 4.34. The van der Waals surface area contributed by atoms with Crippen molar-refractivity contribution < 1.29 is 18.3 Å². The summed E-state index contributed by atoms with van der Waals surface area (Å²) in [6.07, 6.45) is 0. The van der Waals surface area contributed by atoms with Crippen molar-refractivity contribution in [1.82, 2.24) is 15.0 Å². The molecule has 0 bridgehead atoms. The average molecular weight is 332 g/mol. The van der Waals surface area contributed by atoms with Gasteiger partial charge in [0.2, 0.25) is 5.78 Å². The van der Waals surface area contributed by atoms with Crippen LogP contribution in [0, 0.1) is 0 Å². The molecule has 0 radical (unpaired) electrons. The van der Waals surface area contributed by atoms with E-state index in [1.165, 1.54) is 28.9 Å². The summed E-state index contributed by atoms with van der Waals surface area (Å²) in [7, 11) is 1.58. The summed E-state index contributed by atoms with van der Waals surface area (Å²) in [6.45, 7) is -2.89. The van der Waals surface area contributed by atoms with Crippen LogP contribution in [0.25, 0.3) is 0 Å². The van der Waals surface area contributed by atoms with Crippen LogP contribution in [0.4, 0.5) is 8.78 Å². The summed E-state index contributed by atoms with van der Waals surface area (Å²) in [6, 6.07) is 5.41. The first kappa shape index (κ1) is 13.6. The third kappa shape index (κ3) is 2.95. The molecule has 0 aliphatic rings. The highest BCUT2D eigenvalue weighted by Gasteiger charge is 2.18. The van der Waals surface area contributed by atoms with Crippen molar-refractivity contribution in [3.8, 4) is 5.75 Å². The van der Waals surface area contributed by atoms with Gasteiger partial charge in [-0.25, -0.2) is 4.68 Å². The monoisotopic (exact) mass is 331 g/mol. The minimum Gasteiger partial charge on any atom is -0.435 e. The van der Waals surface area contributed by atoms with Crippen LogP contribution in [0.2, 0.25) is 0 Å². The maximum Gasteiger partial charge on any atom is 0.387 e. The van der Waals surface area contributed by atoms with E-state index in [1.807, 2.05) is 0 Å². The topological polar surface area (TPSA) is 57.0 Å². The molecule has 5 nitrogen and oxygen atoms in total. The van der Waals surface area contributed by atoms with Gasteiger partial charge in [-0.3, -0.25) is 4.79 Å². The molecule has 0 spiro atoms. The Kier molecular flexibility index (Phi) is 3.89. The normalized spacial score (nSPS) is 10.8. The smallest absolute Gasteiger partial charge is 0.387 e. The van der Waals surface area contributed by atoms with Crippen LogP contribution in [0.3, 0.4) is 0 Å². The van der Waals surface area contributed by atoms with Crippen molar-refractivity contribution in [2.24, 2.45) is 7.05 Å². The Morgan fingerprint density at radius 3 is 2.47 bits per heavy atom. The van der Waals surface area contributed by atoms with Crippen LogP contribution in [0.15, 0.2) is 28.9 Å². The molecule has 0 aliphatic heterocycles. The lowest BCUT2D eigenvalue weighted by atomic mass is 10.1. The number of hydrogen-bond donors (Lipinski definition) is 0. The Morgan fingerprint density at radius 2 is 2.00 bits per heavy atom. The SMILES string of the molecule is Cn1nnc(Br)c1C(=O)c1ccc(OC(F)F)cc1. The minimum atomic E-state index is -2.89. The molecule has 0 atom stereocenters. The molecule has 0 unspecified atom stereocenters. The fraction of sp³-hybridized carbons (Fsp3) is 0.182. The third-order valence-electron chi connectivity index (χ3n) is 2.34. The lowest BCUT2D eigenvalue weighted by Crippen LogP contribution is -2.09. The van der Waals surface area contributed by atoms with E-state index < -0.39 is 6.61 Å². The lowest BCUT2D eigenvalue weighted by Gasteiger charge is -2.05. The number of carbonyl (C=O) groups is 1. The highest BCUT2D eigenvalue weighted by atomic mass is 79.9. The minimum absolute atomic E-state index is 0.00579. The molecule has 2 rings (SSSR count). The molecule has 1 aromatic heterocycles. The summed E-state index contributed by atoms with van der Waals surface area (Å²) in [4.78, 5) is 12.2. The first-order chi connectivity index (χ1) is 8.99. The fourth-order valence-electron chi connectivity index (χ4n) is 1.50. The first-order valence-electron chi connectivity index (χ1n) is 5.14. The summed E-state index contributed by atoms with van der Waals surface area (Å²) < 4.78 is 29.8. The van der Waals surface area contributed by atoms with Crippen LogP contribution in [-0.4, -0.2) is 27.4 Å². The van der Waals surface area contributed by atoms with E-state index in [9.17, 15) is 13.6 Å². The molecule has 19 heavy (non-hydrogen) atoms. The van der Waals surface area contributed by atoms with E-state index in [-0.39, 0.29) is 17.2 Å². The van der Waals surface area contributed by atoms with Crippen molar-refractivity contribution in [1.29, 1.82) is 0 Å². The Bertz CT molecular complexity index is 579. The van der Waals surface area contributed by atoms with E-state index in [4.69, 9.17) is 0 Å². The Morgan fingerprint density at radius 1 is 1.37 bits per heavy atom. The van der Waals surface area contributed by atoms with Gasteiger partial charge < -0.3 is 4.74 Å². The van der Waals surface area contributed by atoms with Crippen LogP contribution < -0.4 is 4.74 Å². The quantitative estimate of drug-likeness (QED) is 0.807. The first-order valence-corrected chi connectivity index (χ1v) is 5.93. The Labute approximate surface area is 115 Å². The van der Waals surface area contributed by atoms with E-state index in [1.54, 1.807) is 7.05 Å². The Hall–Kier alpha value is -1.83. The molecular weight excluding hydrogens is 324 g/mol. The van der Waals surface area contributed by atoms with E-state index in [2.05, 4.69) is 31.0 Å². The van der Waals surface area contributed by atoms with Gasteiger partial charge in [0.25, 0.3) is 0 Å².